The molecule has 1 N–H and O–H groups in total. The lowest BCUT2D eigenvalue weighted by molar-refractivity contribution is -0.384. The van der Waals surface area contributed by atoms with Gasteiger partial charge < -0.3 is 10.1 Å². The van der Waals surface area contributed by atoms with E-state index in [2.05, 4.69) is 16.9 Å². The summed E-state index contributed by atoms with van der Waals surface area (Å²) in [6.07, 6.45) is 4.53. The van der Waals surface area contributed by atoms with Crippen LogP contribution in [0.3, 0.4) is 0 Å². The van der Waals surface area contributed by atoms with Crippen molar-refractivity contribution in [3.05, 3.63) is 61.8 Å². The smallest absolute Gasteiger partial charge is 0.271 e. The highest BCUT2D eigenvalue weighted by atomic mass is 32.2. The monoisotopic (exact) mass is 472 g/mol. The Morgan fingerprint density at radius 2 is 2.28 bits per heavy atom. The average molecular weight is 473 g/mol. The van der Waals surface area contributed by atoms with Crippen LogP contribution in [-0.4, -0.2) is 33.2 Å². The van der Waals surface area contributed by atoms with Crippen molar-refractivity contribution in [2.75, 3.05) is 18.2 Å². The van der Waals surface area contributed by atoms with Crippen LogP contribution in [0, 0.1) is 10.1 Å². The SMILES string of the molecule is C=CCn1c(SCC(=O)Nc2cc([N+](=O)[O-])ccc2OC)nc2sc3c(c2c1=O)CCC3. The molecule has 2 aromatic heterocycles. The Labute approximate surface area is 191 Å². The van der Waals surface area contributed by atoms with Crippen LogP contribution in [-0.2, 0) is 24.2 Å². The van der Waals surface area contributed by atoms with E-state index in [1.807, 2.05) is 0 Å². The van der Waals surface area contributed by atoms with Crippen molar-refractivity contribution in [1.82, 2.24) is 9.55 Å². The molecule has 0 aliphatic heterocycles. The van der Waals surface area contributed by atoms with Gasteiger partial charge in [0.25, 0.3) is 11.2 Å². The highest BCUT2D eigenvalue weighted by molar-refractivity contribution is 7.99. The largest absolute Gasteiger partial charge is 0.495 e. The van der Waals surface area contributed by atoms with Crippen molar-refractivity contribution in [3.63, 3.8) is 0 Å². The number of anilines is 1. The van der Waals surface area contributed by atoms with Gasteiger partial charge in [-0.15, -0.1) is 17.9 Å². The lowest BCUT2D eigenvalue weighted by Gasteiger charge is -2.12. The van der Waals surface area contributed by atoms with E-state index in [1.54, 1.807) is 17.4 Å². The van der Waals surface area contributed by atoms with Crippen LogP contribution >= 0.6 is 23.1 Å². The number of non-ortho nitro benzene ring substituents is 1. The molecule has 0 bridgehead atoms. The van der Waals surface area contributed by atoms with Crippen LogP contribution in [0.4, 0.5) is 11.4 Å². The predicted molar refractivity (Wildman–Crippen MR) is 125 cm³/mol. The number of amides is 1. The van der Waals surface area contributed by atoms with Gasteiger partial charge in [-0.05, 0) is 30.9 Å². The maximum atomic E-state index is 13.2. The maximum Gasteiger partial charge on any atom is 0.271 e. The van der Waals surface area contributed by atoms with E-state index in [1.165, 1.54) is 34.8 Å². The Morgan fingerprint density at radius 1 is 1.47 bits per heavy atom. The molecular formula is C21H20N4O5S2. The van der Waals surface area contributed by atoms with Crippen molar-refractivity contribution in [2.45, 2.75) is 31.0 Å². The summed E-state index contributed by atoms with van der Waals surface area (Å²) in [7, 11) is 1.41. The molecule has 11 heteroatoms. The van der Waals surface area contributed by atoms with Gasteiger partial charge in [0.15, 0.2) is 5.16 Å². The molecule has 1 aliphatic carbocycles. The summed E-state index contributed by atoms with van der Waals surface area (Å²) in [5, 5.41) is 14.8. The van der Waals surface area contributed by atoms with Gasteiger partial charge in [0.2, 0.25) is 5.91 Å². The Morgan fingerprint density at radius 3 is 3.00 bits per heavy atom. The van der Waals surface area contributed by atoms with E-state index in [0.717, 1.165) is 36.6 Å². The summed E-state index contributed by atoms with van der Waals surface area (Å²) in [4.78, 5) is 42.8. The van der Waals surface area contributed by atoms with Gasteiger partial charge in [-0.3, -0.25) is 24.3 Å². The zero-order valence-electron chi connectivity index (χ0n) is 17.3. The Balaban J connectivity index is 1.58. The quantitative estimate of drug-likeness (QED) is 0.174. The van der Waals surface area contributed by atoms with Crippen molar-refractivity contribution in [3.8, 4) is 5.75 Å². The zero-order valence-corrected chi connectivity index (χ0v) is 18.9. The topological polar surface area (TPSA) is 116 Å². The van der Waals surface area contributed by atoms with Crippen LogP contribution < -0.4 is 15.6 Å². The molecule has 166 valence electrons. The molecule has 1 aromatic carbocycles. The second-order valence-electron chi connectivity index (χ2n) is 7.11. The normalized spacial score (nSPS) is 12.5. The third kappa shape index (κ3) is 4.13. The van der Waals surface area contributed by atoms with E-state index in [0.29, 0.717) is 21.1 Å². The second kappa shape index (κ2) is 9.13. The number of nitro groups is 1. The first kappa shape index (κ1) is 22.0. The minimum atomic E-state index is -0.546. The van der Waals surface area contributed by atoms with Crippen molar-refractivity contribution in [1.29, 1.82) is 0 Å². The number of fused-ring (bicyclic) bond motifs is 3. The minimum absolute atomic E-state index is 0.0357. The van der Waals surface area contributed by atoms with E-state index in [9.17, 15) is 19.7 Å². The Hall–Kier alpha value is -3.18. The number of thioether (sulfide) groups is 1. The van der Waals surface area contributed by atoms with Gasteiger partial charge in [-0.1, -0.05) is 17.8 Å². The fraction of sp³-hybridized carbons (Fsp3) is 0.286. The van der Waals surface area contributed by atoms with Crippen LogP contribution in [0.5, 0.6) is 5.75 Å². The van der Waals surface area contributed by atoms with Crippen LogP contribution in [0.25, 0.3) is 10.2 Å². The molecule has 2 heterocycles. The molecule has 0 radical (unpaired) electrons. The second-order valence-corrected chi connectivity index (χ2v) is 9.14. The summed E-state index contributed by atoms with van der Waals surface area (Å²) in [6.45, 7) is 4.02. The first-order chi connectivity index (χ1) is 15.4. The molecule has 1 amide bonds. The molecule has 0 unspecified atom stereocenters. The van der Waals surface area contributed by atoms with Gasteiger partial charge in [-0.2, -0.15) is 0 Å². The number of thiophene rings is 1. The molecule has 3 aromatic rings. The third-order valence-corrected chi connectivity index (χ3v) is 7.26. The maximum absolute atomic E-state index is 13.2. The van der Waals surface area contributed by atoms with E-state index >= 15 is 0 Å². The third-order valence-electron chi connectivity index (χ3n) is 5.10. The summed E-state index contributed by atoms with van der Waals surface area (Å²) < 4.78 is 6.71. The average Bonchev–Trinajstić information content (AvgIpc) is 3.35. The predicted octanol–water partition coefficient (Wildman–Crippen LogP) is 3.78. The van der Waals surface area contributed by atoms with Gasteiger partial charge in [0, 0.05) is 23.6 Å². The number of aromatic nitrogens is 2. The molecule has 32 heavy (non-hydrogen) atoms. The number of allylic oxidation sites excluding steroid dienone is 1. The summed E-state index contributed by atoms with van der Waals surface area (Å²) >= 11 is 2.68. The molecule has 4 rings (SSSR count). The zero-order chi connectivity index (χ0) is 22.8. The van der Waals surface area contributed by atoms with E-state index < -0.39 is 10.8 Å². The molecule has 9 nitrogen and oxygen atoms in total. The highest BCUT2D eigenvalue weighted by Crippen LogP contribution is 2.35. The number of aryl methyl sites for hydroxylation is 2. The van der Waals surface area contributed by atoms with Gasteiger partial charge >= 0.3 is 0 Å². The minimum Gasteiger partial charge on any atom is -0.495 e. The number of nitro benzene ring substituents is 1. The Kier molecular flexibility index (Phi) is 6.28. The number of nitrogens with one attached hydrogen (secondary N) is 1. The number of ether oxygens (including phenoxy) is 1. The highest BCUT2D eigenvalue weighted by Gasteiger charge is 2.23. The fourth-order valence-electron chi connectivity index (χ4n) is 3.68. The number of carbonyl (C=O) groups is 1. The van der Waals surface area contributed by atoms with Crippen molar-refractivity contribution < 1.29 is 14.5 Å². The number of carbonyl (C=O) groups excluding carboxylic acids is 1. The van der Waals surface area contributed by atoms with Gasteiger partial charge in [-0.25, -0.2) is 4.98 Å². The standard InChI is InChI=1S/C21H20N4O5S2/c1-3-9-24-20(27)18-13-5-4-6-16(13)32-19(18)23-21(24)31-11-17(26)22-14-10-12(25(28)29)7-8-15(14)30-2/h3,7-8,10H,1,4-6,9,11H2,2H3,(H,22,26). The first-order valence-electron chi connectivity index (χ1n) is 9.84. The molecular weight excluding hydrogens is 452 g/mol. The lowest BCUT2D eigenvalue weighted by atomic mass is 10.2. The first-order valence-corrected chi connectivity index (χ1v) is 11.6. The molecule has 1 aliphatic rings. The Bertz CT molecular complexity index is 1300. The van der Waals surface area contributed by atoms with Gasteiger partial charge in [0.05, 0.1) is 28.9 Å². The summed E-state index contributed by atoms with van der Waals surface area (Å²) in [6, 6.07) is 3.97. The molecule has 0 atom stereocenters. The summed E-state index contributed by atoms with van der Waals surface area (Å²) in [5.74, 6) is -0.126. The van der Waals surface area contributed by atoms with Crippen molar-refractivity contribution >= 4 is 50.6 Å². The molecule has 0 fully saturated rings. The van der Waals surface area contributed by atoms with Crippen LogP contribution in [0.15, 0.2) is 40.8 Å². The summed E-state index contributed by atoms with van der Waals surface area (Å²) in [5.41, 5.74) is 1.03. The van der Waals surface area contributed by atoms with Crippen molar-refractivity contribution in [2.24, 2.45) is 0 Å². The van der Waals surface area contributed by atoms with Gasteiger partial charge in [0.1, 0.15) is 10.6 Å². The number of hydrogen-bond acceptors (Lipinski definition) is 8. The lowest BCUT2D eigenvalue weighted by Crippen LogP contribution is -2.24. The number of rotatable bonds is 8. The van der Waals surface area contributed by atoms with E-state index in [-0.39, 0.29) is 29.2 Å². The number of nitrogens with zero attached hydrogens (tertiary/aromatic N) is 3. The van der Waals surface area contributed by atoms with Crippen LogP contribution in [0.2, 0.25) is 0 Å². The number of benzene rings is 1. The van der Waals surface area contributed by atoms with Crippen LogP contribution in [0.1, 0.15) is 16.9 Å². The molecule has 0 saturated carbocycles. The fourth-order valence-corrected chi connectivity index (χ4v) is 5.79. The molecule has 0 saturated heterocycles. The number of methoxy groups -OCH3 is 1. The van der Waals surface area contributed by atoms with E-state index in [4.69, 9.17) is 4.74 Å². The molecule has 0 spiro atoms. The number of hydrogen-bond donors (Lipinski definition) is 1.